The third-order valence-electron chi connectivity index (χ3n) is 1.40. The van der Waals surface area contributed by atoms with Gasteiger partial charge in [-0.25, -0.2) is 4.79 Å². The molecule has 0 aliphatic carbocycles. The maximum atomic E-state index is 12.8. The van der Waals surface area contributed by atoms with Crippen molar-refractivity contribution in [3.8, 4) is 0 Å². The minimum Gasteiger partial charge on any atom is -0.465 e. The van der Waals surface area contributed by atoms with Gasteiger partial charge in [0.05, 0.1) is 7.11 Å². The SMILES string of the molecule is CCC(I)CC(F)(F)C(=O)OC. The van der Waals surface area contributed by atoms with Crippen molar-refractivity contribution in [2.24, 2.45) is 0 Å². The highest BCUT2D eigenvalue weighted by Crippen LogP contribution is 2.26. The smallest absolute Gasteiger partial charge is 0.376 e. The molecule has 0 aromatic heterocycles. The lowest BCUT2D eigenvalue weighted by atomic mass is 10.1. The van der Waals surface area contributed by atoms with Gasteiger partial charge in [-0.3, -0.25) is 0 Å². The van der Waals surface area contributed by atoms with E-state index >= 15 is 0 Å². The van der Waals surface area contributed by atoms with Gasteiger partial charge in [0.1, 0.15) is 0 Å². The first kappa shape index (κ1) is 12.1. The molecule has 5 heteroatoms. The van der Waals surface area contributed by atoms with E-state index in [9.17, 15) is 13.6 Å². The van der Waals surface area contributed by atoms with E-state index in [1.807, 2.05) is 22.6 Å². The molecular weight excluding hydrogens is 281 g/mol. The van der Waals surface area contributed by atoms with Crippen molar-refractivity contribution in [1.29, 1.82) is 0 Å². The Bertz CT molecular complexity index is 161. The summed E-state index contributed by atoms with van der Waals surface area (Å²) >= 11 is 1.89. The summed E-state index contributed by atoms with van der Waals surface area (Å²) in [4.78, 5) is 10.5. The first-order valence-corrected chi connectivity index (χ1v) is 4.79. The normalized spacial score (nSPS) is 14.1. The van der Waals surface area contributed by atoms with Gasteiger partial charge in [0.25, 0.3) is 0 Å². The quantitative estimate of drug-likeness (QED) is 0.452. The number of alkyl halides is 3. The summed E-state index contributed by atoms with van der Waals surface area (Å²) in [6.07, 6.45) is 0.171. The molecule has 0 fully saturated rings. The molecule has 1 atom stereocenters. The number of hydrogen-bond acceptors (Lipinski definition) is 2. The Balaban J connectivity index is 4.11. The lowest BCUT2D eigenvalue weighted by Crippen LogP contribution is -2.32. The van der Waals surface area contributed by atoms with Crippen molar-refractivity contribution in [2.45, 2.75) is 29.6 Å². The van der Waals surface area contributed by atoms with Gasteiger partial charge in [0, 0.05) is 10.3 Å². The minimum absolute atomic E-state index is 0.198. The summed E-state index contributed by atoms with van der Waals surface area (Å²) in [5.74, 6) is -4.78. The molecule has 0 aromatic carbocycles. The van der Waals surface area contributed by atoms with Crippen molar-refractivity contribution < 1.29 is 18.3 Å². The first-order chi connectivity index (χ1) is 5.44. The molecule has 0 heterocycles. The standard InChI is InChI=1S/C7H11F2IO2/c1-3-5(10)4-7(8,9)6(11)12-2/h5H,3-4H2,1-2H3. The fraction of sp³-hybridized carbons (Fsp3) is 0.857. The van der Waals surface area contributed by atoms with E-state index in [2.05, 4.69) is 4.74 Å². The van der Waals surface area contributed by atoms with Crippen LogP contribution < -0.4 is 0 Å². The number of carbonyl (C=O) groups is 1. The highest BCUT2D eigenvalue weighted by Gasteiger charge is 2.41. The number of esters is 1. The van der Waals surface area contributed by atoms with E-state index in [4.69, 9.17) is 0 Å². The third kappa shape index (κ3) is 3.64. The average Bonchev–Trinajstić information content (AvgIpc) is 2.02. The minimum atomic E-state index is -3.34. The van der Waals surface area contributed by atoms with Crippen LogP contribution in [0.4, 0.5) is 8.78 Å². The molecule has 1 unspecified atom stereocenters. The van der Waals surface area contributed by atoms with Crippen LogP contribution in [0.3, 0.4) is 0 Å². The molecule has 0 aromatic rings. The van der Waals surface area contributed by atoms with E-state index in [-0.39, 0.29) is 3.92 Å². The molecule has 0 saturated carbocycles. The van der Waals surface area contributed by atoms with Gasteiger partial charge in [0.2, 0.25) is 0 Å². The molecular formula is C7H11F2IO2. The second-order valence-corrected chi connectivity index (χ2v) is 4.17. The van der Waals surface area contributed by atoms with Gasteiger partial charge in [-0.15, -0.1) is 0 Å². The van der Waals surface area contributed by atoms with E-state index < -0.39 is 18.3 Å². The second kappa shape index (κ2) is 4.94. The predicted octanol–water partition coefficient (Wildman–Crippen LogP) is 2.40. The maximum Gasteiger partial charge on any atom is 0.376 e. The largest absolute Gasteiger partial charge is 0.465 e. The molecule has 0 spiro atoms. The van der Waals surface area contributed by atoms with Gasteiger partial charge < -0.3 is 4.74 Å². The molecule has 0 bridgehead atoms. The molecule has 12 heavy (non-hydrogen) atoms. The highest BCUT2D eigenvalue weighted by molar-refractivity contribution is 14.1. The molecule has 2 nitrogen and oxygen atoms in total. The predicted molar refractivity (Wildman–Crippen MR) is 49.7 cm³/mol. The molecule has 72 valence electrons. The van der Waals surface area contributed by atoms with Gasteiger partial charge in [-0.1, -0.05) is 29.5 Å². The summed E-state index contributed by atoms with van der Waals surface area (Å²) in [7, 11) is 0.963. The lowest BCUT2D eigenvalue weighted by molar-refractivity contribution is -0.169. The fourth-order valence-corrected chi connectivity index (χ4v) is 1.21. The van der Waals surface area contributed by atoms with Crippen molar-refractivity contribution in [1.82, 2.24) is 0 Å². The summed E-state index contributed by atoms with van der Waals surface area (Å²) in [5.41, 5.74) is 0. The molecule has 0 aliphatic rings. The lowest BCUT2D eigenvalue weighted by Gasteiger charge is -2.15. The van der Waals surface area contributed by atoms with E-state index in [0.29, 0.717) is 6.42 Å². The van der Waals surface area contributed by atoms with Crippen molar-refractivity contribution in [3.05, 3.63) is 0 Å². The Kier molecular flexibility index (Phi) is 4.96. The van der Waals surface area contributed by atoms with Crippen LogP contribution in [0.15, 0.2) is 0 Å². The number of rotatable bonds is 4. The monoisotopic (exact) mass is 292 g/mol. The average molecular weight is 292 g/mol. The van der Waals surface area contributed by atoms with Gasteiger partial charge in [-0.2, -0.15) is 8.78 Å². The Morgan fingerprint density at radius 2 is 2.17 bits per heavy atom. The second-order valence-electron chi connectivity index (χ2n) is 2.41. The van der Waals surface area contributed by atoms with Gasteiger partial charge in [-0.05, 0) is 6.42 Å². The molecule has 0 amide bonds. The van der Waals surface area contributed by atoms with Crippen LogP contribution in [0.25, 0.3) is 0 Å². The Hall–Kier alpha value is 0.0600. The van der Waals surface area contributed by atoms with Gasteiger partial charge >= 0.3 is 11.9 Å². The Morgan fingerprint density at radius 3 is 2.50 bits per heavy atom. The van der Waals surface area contributed by atoms with Crippen LogP contribution in [-0.2, 0) is 9.53 Å². The number of hydrogen-bond donors (Lipinski definition) is 0. The Morgan fingerprint density at radius 1 is 1.67 bits per heavy atom. The molecule has 0 aliphatic heterocycles. The number of halogens is 3. The zero-order valence-corrected chi connectivity index (χ0v) is 9.10. The summed E-state index contributed by atoms with van der Waals surface area (Å²) in [6.45, 7) is 1.80. The van der Waals surface area contributed by atoms with E-state index in [1.165, 1.54) is 0 Å². The van der Waals surface area contributed by atoms with Crippen LogP contribution in [-0.4, -0.2) is 22.9 Å². The zero-order chi connectivity index (χ0) is 9.78. The van der Waals surface area contributed by atoms with Crippen molar-refractivity contribution >= 4 is 28.6 Å². The summed E-state index contributed by atoms with van der Waals surface area (Å²) in [6, 6.07) is 0. The number of methoxy groups -OCH3 is 1. The highest BCUT2D eigenvalue weighted by atomic mass is 127. The van der Waals surface area contributed by atoms with Crippen LogP contribution in [0.2, 0.25) is 0 Å². The molecule has 0 radical (unpaired) electrons. The topological polar surface area (TPSA) is 26.3 Å². The molecule has 0 N–H and O–H groups in total. The number of carbonyl (C=O) groups excluding carboxylic acids is 1. The maximum absolute atomic E-state index is 12.8. The summed E-state index contributed by atoms with van der Waals surface area (Å²) in [5, 5.41) is 0. The van der Waals surface area contributed by atoms with Crippen LogP contribution in [0.5, 0.6) is 0 Å². The molecule has 0 rings (SSSR count). The van der Waals surface area contributed by atoms with Crippen molar-refractivity contribution in [3.63, 3.8) is 0 Å². The Labute approximate surface area is 83.8 Å². The van der Waals surface area contributed by atoms with E-state index in [0.717, 1.165) is 7.11 Å². The molecule has 0 saturated heterocycles. The number of ether oxygens (including phenoxy) is 1. The third-order valence-corrected chi connectivity index (χ3v) is 2.73. The summed E-state index contributed by atoms with van der Waals surface area (Å²) < 4.78 is 29.3. The fourth-order valence-electron chi connectivity index (χ4n) is 0.655. The van der Waals surface area contributed by atoms with E-state index in [1.54, 1.807) is 6.92 Å². The van der Waals surface area contributed by atoms with Crippen LogP contribution >= 0.6 is 22.6 Å². The zero-order valence-electron chi connectivity index (χ0n) is 6.94. The van der Waals surface area contributed by atoms with Crippen molar-refractivity contribution in [2.75, 3.05) is 7.11 Å². The van der Waals surface area contributed by atoms with Crippen LogP contribution in [0.1, 0.15) is 19.8 Å². The van der Waals surface area contributed by atoms with Gasteiger partial charge in [0.15, 0.2) is 0 Å². The first-order valence-electron chi connectivity index (χ1n) is 3.54. The van der Waals surface area contributed by atoms with Crippen LogP contribution in [0, 0.1) is 0 Å².